The fourth-order valence-electron chi connectivity index (χ4n) is 2.21. The van der Waals surface area contributed by atoms with Gasteiger partial charge in [-0.1, -0.05) is 11.6 Å². The first-order valence-electron chi connectivity index (χ1n) is 8.13. The highest BCUT2D eigenvalue weighted by Gasteiger charge is 2.25. The molecule has 3 N–H and O–H groups in total. The number of carbonyl (C=O) groups excluding carboxylic acids is 2. The molecule has 0 fully saturated rings. The second-order valence-electron chi connectivity index (χ2n) is 5.61. The molecule has 11 heteroatoms. The molecule has 9 nitrogen and oxygen atoms in total. The number of hydrogen-bond donors (Lipinski definition) is 2. The molecule has 0 amide bonds. The monoisotopic (exact) mass is 430 g/mol. The molecule has 0 spiro atoms. The normalized spacial score (nSPS) is 12.3. The van der Waals surface area contributed by atoms with Crippen molar-refractivity contribution in [2.75, 3.05) is 11.9 Å². The molecule has 2 aromatic rings. The van der Waals surface area contributed by atoms with Crippen molar-refractivity contribution in [1.29, 1.82) is 0 Å². The number of benzene rings is 1. The number of halogens is 1. The molecule has 0 saturated heterocycles. The van der Waals surface area contributed by atoms with Crippen molar-refractivity contribution in [3.8, 4) is 0 Å². The van der Waals surface area contributed by atoms with Gasteiger partial charge in [-0.25, -0.2) is 23.1 Å². The van der Waals surface area contributed by atoms with E-state index in [4.69, 9.17) is 30.6 Å². The lowest BCUT2D eigenvalue weighted by Gasteiger charge is -2.16. The molecule has 0 radical (unpaired) electrons. The van der Waals surface area contributed by atoms with Gasteiger partial charge in [0, 0.05) is 0 Å². The summed E-state index contributed by atoms with van der Waals surface area (Å²) in [5, 5.41) is 7.87. The fourth-order valence-corrected chi connectivity index (χ4v) is 3.31. The molecule has 0 aliphatic rings. The number of nitrogens with two attached hydrogens (primary N) is 1. The molecule has 152 valence electrons. The zero-order valence-corrected chi connectivity index (χ0v) is 16.7. The topological polar surface area (TPSA) is 138 Å². The quantitative estimate of drug-likeness (QED) is 0.608. The average Bonchev–Trinajstić information content (AvgIpc) is 3.12. The number of esters is 2. The minimum absolute atomic E-state index is 0.118. The molecule has 28 heavy (non-hydrogen) atoms. The van der Waals surface area contributed by atoms with Crippen LogP contribution in [-0.2, 0) is 30.8 Å². The van der Waals surface area contributed by atoms with Crippen LogP contribution in [0.1, 0.15) is 30.0 Å². The molecular formula is C17H19ClN2O7S. The number of primary sulfonamides is 1. The average molecular weight is 431 g/mol. The van der Waals surface area contributed by atoms with Gasteiger partial charge in [0.25, 0.3) is 0 Å². The predicted molar refractivity (Wildman–Crippen MR) is 100 cm³/mol. The first-order valence-corrected chi connectivity index (χ1v) is 10.1. The highest BCUT2D eigenvalue weighted by molar-refractivity contribution is 7.89. The molecule has 1 heterocycles. The second kappa shape index (κ2) is 9.09. The summed E-state index contributed by atoms with van der Waals surface area (Å²) in [5.41, 5.74) is 0.00554. The molecular weight excluding hydrogens is 412 g/mol. The van der Waals surface area contributed by atoms with Crippen molar-refractivity contribution in [2.45, 2.75) is 31.4 Å². The van der Waals surface area contributed by atoms with Gasteiger partial charge in [0.15, 0.2) is 6.10 Å². The molecule has 1 aromatic heterocycles. The summed E-state index contributed by atoms with van der Waals surface area (Å²) in [6.07, 6.45) is 0.281. The number of anilines is 1. The minimum Gasteiger partial charge on any atom is -0.467 e. The van der Waals surface area contributed by atoms with Crippen LogP contribution in [-0.4, -0.2) is 33.1 Å². The van der Waals surface area contributed by atoms with Gasteiger partial charge in [0.1, 0.15) is 10.7 Å². The van der Waals surface area contributed by atoms with Crippen LogP contribution in [0.25, 0.3) is 0 Å². The third-order valence-electron chi connectivity index (χ3n) is 3.53. The van der Waals surface area contributed by atoms with Crippen LogP contribution in [0.5, 0.6) is 0 Å². The van der Waals surface area contributed by atoms with E-state index < -0.39 is 33.0 Å². The van der Waals surface area contributed by atoms with Crippen LogP contribution in [0.2, 0.25) is 5.02 Å². The third kappa shape index (κ3) is 5.47. The SMILES string of the molecule is CCOC(=O)C(C)OC(=O)c1cc(S(N)(=O)=O)c(Cl)cc1NCc1ccco1. The Morgan fingerprint density at radius 2 is 2.07 bits per heavy atom. The van der Waals surface area contributed by atoms with Crippen LogP contribution >= 0.6 is 11.6 Å². The molecule has 1 unspecified atom stereocenters. The Kier molecular flexibility index (Phi) is 7.05. The van der Waals surface area contributed by atoms with Crippen LogP contribution in [0, 0.1) is 0 Å². The van der Waals surface area contributed by atoms with Crippen molar-refractivity contribution < 1.29 is 31.9 Å². The van der Waals surface area contributed by atoms with Gasteiger partial charge in [-0.3, -0.25) is 0 Å². The predicted octanol–water partition coefficient (Wildman–Crippen LogP) is 2.30. The Morgan fingerprint density at radius 3 is 2.64 bits per heavy atom. The van der Waals surface area contributed by atoms with E-state index in [1.807, 2.05) is 0 Å². The van der Waals surface area contributed by atoms with E-state index in [1.54, 1.807) is 19.1 Å². The number of ether oxygens (including phenoxy) is 2. The lowest BCUT2D eigenvalue weighted by atomic mass is 10.1. The van der Waals surface area contributed by atoms with Gasteiger partial charge in [-0.15, -0.1) is 0 Å². The minimum atomic E-state index is -4.20. The lowest BCUT2D eigenvalue weighted by molar-refractivity contribution is -0.152. The number of rotatable bonds is 8. The second-order valence-corrected chi connectivity index (χ2v) is 7.54. The maximum atomic E-state index is 12.6. The molecule has 0 saturated carbocycles. The Labute approximate surface area is 166 Å². The summed E-state index contributed by atoms with van der Waals surface area (Å²) in [6.45, 7) is 3.25. The highest BCUT2D eigenvalue weighted by Crippen LogP contribution is 2.29. The van der Waals surface area contributed by atoms with E-state index in [0.29, 0.717) is 5.76 Å². The van der Waals surface area contributed by atoms with E-state index in [2.05, 4.69) is 5.32 Å². The lowest BCUT2D eigenvalue weighted by Crippen LogP contribution is -2.27. The summed E-state index contributed by atoms with van der Waals surface area (Å²) >= 11 is 6.00. The van der Waals surface area contributed by atoms with Gasteiger partial charge < -0.3 is 19.2 Å². The number of nitrogens with one attached hydrogen (secondary N) is 1. The van der Waals surface area contributed by atoms with Crippen LogP contribution in [0.3, 0.4) is 0 Å². The van der Waals surface area contributed by atoms with Gasteiger partial charge in [0.2, 0.25) is 10.0 Å². The van der Waals surface area contributed by atoms with E-state index in [9.17, 15) is 18.0 Å². The zero-order chi connectivity index (χ0) is 20.9. The van der Waals surface area contributed by atoms with Gasteiger partial charge in [0.05, 0.1) is 35.7 Å². The van der Waals surface area contributed by atoms with Gasteiger partial charge >= 0.3 is 11.9 Å². The largest absolute Gasteiger partial charge is 0.467 e. The first-order chi connectivity index (χ1) is 13.1. The summed E-state index contributed by atoms with van der Waals surface area (Å²) in [6, 6.07) is 5.61. The van der Waals surface area contributed by atoms with Crippen molar-refractivity contribution in [3.63, 3.8) is 0 Å². The Hall–Kier alpha value is -2.56. The summed E-state index contributed by atoms with van der Waals surface area (Å²) < 4.78 is 38.5. The Balaban J connectivity index is 2.36. The maximum absolute atomic E-state index is 12.6. The summed E-state index contributed by atoms with van der Waals surface area (Å²) in [4.78, 5) is 23.8. The van der Waals surface area contributed by atoms with Gasteiger partial charge in [-0.2, -0.15) is 0 Å². The first kappa shape index (κ1) is 21.7. The van der Waals surface area contributed by atoms with E-state index >= 15 is 0 Å². The number of hydrogen-bond acceptors (Lipinski definition) is 8. The van der Waals surface area contributed by atoms with E-state index in [-0.39, 0.29) is 29.4 Å². The van der Waals surface area contributed by atoms with Crippen LogP contribution < -0.4 is 10.5 Å². The molecule has 1 aromatic carbocycles. The molecule has 0 bridgehead atoms. The van der Waals surface area contributed by atoms with Crippen LogP contribution in [0.4, 0.5) is 5.69 Å². The highest BCUT2D eigenvalue weighted by atomic mass is 35.5. The molecule has 2 rings (SSSR count). The fraction of sp³-hybridized carbons (Fsp3) is 0.294. The zero-order valence-electron chi connectivity index (χ0n) is 15.1. The standard InChI is InChI=1S/C17H19ClN2O7S/c1-3-25-16(21)10(2)27-17(22)12-7-15(28(19,23)24)13(18)8-14(12)20-9-11-5-4-6-26-11/h4-8,10,20H,3,9H2,1-2H3,(H2,19,23,24). The van der Waals surface area contributed by atoms with E-state index in [0.717, 1.165) is 6.07 Å². The molecule has 1 atom stereocenters. The van der Waals surface area contributed by atoms with E-state index in [1.165, 1.54) is 19.3 Å². The molecule has 0 aliphatic carbocycles. The number of carbonyl (C=O) groups is 2. The van der Waals surface area contributed by atoms with Crippen molar-refractivity contribution in [2.24, 2.45) is 5.14 Å². The van der Waals surface area contributed by atoms with Crippen molar-refractivity contribution in [1.82, 2.24) is 0 Å². The summed E-state index contributed by atoms with van der Waals surface area (Å²) in [7, 11) is -4.20. The van der Waals surface area contributed by atoms with Crippen LogP contribution in [0.15, 0.2) is 39.8 Å². The van der Waals surface area contributed by atoms with Crippen molar-refractivity contribution >= 4 is 39.3 Å². The summed E-state index contributed by atoms with van der Waals surface area (Å²) in [5.74, 6) is -1.13. The van der Waals surface area contributed by atoms with Crippen molar-refractivity contribution in [3.05, 3.63) is 46.9 Å². The smallest absolute Gasteiger partial charge is 0.347 e. The van der Waals surface area contributed by atoms with Gasteiger partial charge in [-0.05, 0) is 38.1 Å². The maximum Gasteiger partial charge on any atom is 0.347 e. The number of furan rings is 1. The Morgan fingerprint density at radius 1 is 1.36 bits per heavy atom. The Bertz CT molecular complexity index is 958. The third-order valence-corrected chi connectivity index (χ3v) is 4.91. The number of sulfonamides is 1. The molecule has 0 aliphatic heterocycles.